The lowest BCUT2D eigenvalue weighted by Gasteiger charge is -2.40. The van der Waals surface area contributed by atoms with E-state index in [9.17, 15) is 4.79 Å². The lowest BCUT2D eigenvalue weighted by molar-refractivity contribution is 0.0681. The van der Waals surface area contributed by atoms with Crippen LogP contribution in [0.15, 0.2) is 12.5 Å². The van der Waals surface area contributed by atoms with Crippen molar-refractivity contribution in [2.45, 2.75) is 32.1 Å². The Morgan fingerprint density at radius 2 is 2.19 bits per heavy atom. The molecule has 9 nitrogen and oxygen atoms in total. The summed E-state index contributed by atoms with van der Waals surface area (Å²) in [5.74, 6) is 1.47. The number of amides is 1. The van der Waals surface area contributed by atoms with Crippen LogP contribution in [0.25, 0.3) is 5.82 Å². The van der Waals surface area contributed by atoms with Gasteiger partial charge >= 0.3 is 0 Å². The van der Waals surface area contributed by atoms with Crippen molar-refractivity contribution in [3.63, 3.8) is 0 Å². The Labute approximate surface area is 151 Å². The molecular formula is C17H24N8O. The Morgan fingerprint density at radius 3 is 3.00 bits per heavy atom. The van der Waals surface area contributed by atoms with Crippen molar-refractivity contribution in [2.75, 3.05) is 32.7 Å². The average Bonchev–Trinajstić information content (AvgIpc) is 3.09. The summed E-state index contributed by atoms with van der Waals surface area (Å²) in [6.45, 7) is 5.26. The fourth-order valence-electron chi connectivity index (χ4n) is 4.62. The predicted molar refractivity (Wildman–Crippen MR) is 92.7 cm³/mol. The van der Waals surface area contributed by atoms with Crippen LogP contribution in [0.2, 0.25) is 0 Å². The maximum atomic E-state index is 13.1. The van der Waals surface area contributed by atoms with Crippen LogP contribution in [0, 0.1) is 11.3 Å². The molecule has 26 heavy (non-hydrogen) atoms. The van der Waals surface area contributed by atoms with Crippen molar-refractivity contribution in [1.82, 2.24) is 40.2 Å². The number of aromatic amines is 1. The van der Waals surface area contributed by atoms with E-state index in [4.69, 9.17) is 0 Å². The van der Waals surface area contributed by atoms with Gasteiger partial charge in [0.1, 0.15) is 11.9 Å². The van der Waals surface area contributed by atoms with Crippen molar-refractivity contribution in [2.24, 2.45) is 11.3 Å². The zero-order chi connectivity index (χ0) is 17.6. The van der Waals surface area contributed by atoms with Gasteiger partial charge in [0.05, 0.1) is 6.20 Å². The number of likely N-dealkylation sites (tertiary alicyclic amines) is 2. The summed E-state index contributed by atoms with van der Waals surface area (Å²) < 4.78 is 1.45. The summed E-state index contributed by atoms with van der Waals surface area (Å²) in [4.78, 5) is 17.7. The number of hydrogen-bond acceptors (Lipinski definition) is 6. The molecule has 2 saturated heterocycles. The molecule has 1 unspecified atom stereocenters. The molecule has 1 aliphatic carbocycles. The summed E-state index contributed by atoms with van der Waals surface area (Å²) in [6, 6.07) is 0. The van der Waals surface area contributed by atoms with E-state index in [1.165, 1.54) is 49.8 Å². The van der Waals surface area contributed by atoms with Crippen LogP contribution in [-0.2, 0) is 0 Å². The zero-order valence-electron chi connectivity index (χ0n) is 14.8. The second-order valence-corrected chi connectivity index (χ2v) is 8.15. The molecule has 1 N–H and O–H groups in total. The molecule has 4 heterocycles. The molecule has 5 rings (SSSR count). The van der Waals surface area contributed by atoms with E-state index >= 15 is 0 Å². The first-order chi connectivity index (χ1) is 12.7. The summed E-state index contributed by atoms with van der Waals surface area (Å²) in [6.07, 6.45) is 9.40. The highest BCUT2D eigenvalue weighted by Gasteiger charge is 2.44. The topological polar surface area (TPSA) is 95.8 Å². The molecule has 1 amide bonds. The van der Waals surface area contributed by atoms with Crippen molar-refractivity contribution >= 4 is 5.91 Å². The van der Waals surface area contributed by atoms with Crippen LogP contribution in [0.4, 0.5) is 0 Å². The minimum absolute atomic E-state index is 0.0143. The summed E-state index contributed by atoms with van der Waals surface area (Å²) in [5, 5.41) is 18.0. The van der Waals surface area contributed by atoms with Gasteiger partial charge in [0.15, 0.2) is 5.82 Å². The van der Waals surface area contributed by atoms with Crippen molar-refractivity contribution in [3.8, 4) is 5.82 Å². The second kappa shape index (κ2) is 6.15. The number of hydrogen-bond donors (Lipinski definition) is 1. The Bertz CT molecular complexity index is 783. The number of H-pyrrole nitrogens is 1. The van der Waals surface area contributed by atoms with Gasteiger partial charge in [0.2, 0.25) is 0 Å². The summed E-state index contributed by atoms with van der Waals surface area (Å²) in [5.41, 5.74) is 0.793. The maximum absolute atomic E-state index is 13.1. The molecule has 2 aromatic rings. The standard InChI is InChI=1S/C17H24N8O/c26-16(14-8-18-20-15(14)25-12-19-21-22-25)24-7-5-17(11-24)4-1-6-23(10-17)9-13-2-3-13/h8,12-13H,1-7,9-11H2,(H,18,20). The minimum Gasteiger partial charge on any atom is -0.338 e. The first-order valence-corrected chi connectivity index (χ1v) is 9.51. The Hall–Kier alpha value is -2.29. The number of carbonyl (C=O) groups excluding carboxylic acids is 1. The second-order valence-electron chi connectivity index (χ2n) is 8.15. The molecule has 0 bridgehead atoms. The Balaban J connectivity index is 1.30. The van der Waals surface area contributed by atoms with Gasteiger partial charge in [-0.1, -0.05) is 0 Å². The molecule has 2 aliphatic heterocycles. The van der Waals surface area contributed by atoms with Crippen LogP contribution in [-0.4, -0.2) is 78.8 Å². The van der Waals surface area contributed by atoms with Crippen LogP contribution >= 0.6 is 0 Å². The maximum Gasteiger partial charge on any atom is 0.259 e. The zero-order valence-corrected chi connectivity index (χ0v) is 14.8. The third-order valence-electron chi connectivity index (χ3n) is 6.11. The fourth-order valence-corrected chi connectivity index (χ4v) is 4.62. The molecule has 0 aromatic carbocycles. The molecule has 2 aromatic heterocycles. The molecule has 1 spiro atoms. The summed E-state index contributed by atoms with van der Waals surface area (Å²) in [7, 11) is 0. The first-order valence-electron chi connectivity index (χ1n) is 9.51. The average molecular weight is 356 g/mol. The van der Waals surface area contributed by atoms with Gasteiger partial charge in [0.25, 0.3) is 5.91 Å². The van der Waals surface area contributed by atoms with Gasteiger partial charge in [-0.15, -0.1) is 5.10 Å². The highest BCUT2D eigenvalue weighted by molar-refractivity contribution is 5.97. The third kappa shape index (κ3) is 2.90. The third-order valence-corrected chi connectivity index (χ3v) is 6.11. The molecular weight excluding hydrogens is 332 g/mol. The lowest BCUT2D eigenvalue weighted by atomic mass is 9.79. The molecule has 3 aliphatic rings. The number of aromatic nitrogens is 6. The van der Waals surface area contributed by atoms with Crippen LogP contribution in [0.1, 0.15) is 42.5 Å². The van der Waals surface area contributed by atoms with E-state index in [2.05, 4.69) is 30.6 Å². The van der Waals surface area contributed by atoms with Gasteiger partial charge in [-0.3, -0.25) is 9.89 Å². The van der Waals surface area contributed by atoms with E-state index in [0.717, 1.165) is 32.0 Å². The SMILES string of the molecule is O=C(c1cn[nH]c1-n1cnnn1)N1CCC2(CCCN(CC3CC3)C2)C1. The van der Waals surface area contributed by atoms with Crippen molar-refractivity contribution < 1.29 is 4.79 Å². The van der Waals surface area contributed by atoms with Gasteiger partial charge in [0, 0.05) is 31.6 Å². The number of tetrazole rings is 1. The molecule has 1 atom stereocenters. The summed E-state index contributed by atoms with van der Waals surface area (Å²) >= 11 is 0. The van der Waals surface area contributed by atoms with E-state index in [0.29, 0.717) is 11.4 Å². The van der Waals surface area contributed by atoms with Gasteiger partial charge in [-0.2, -0.15) is 9.78 Å². The number of piperidine rings is 1. The van der Waals surface area contributed by atoms with E-state index in [1.54, 1.807) is 6.20 Å². The highest BCUT2D eigenvalue weighted by atomic mass is 16.2. The monoisotopic (exact) mass is 356 g/mol. The molecule has 0 radical (unpaired) electrons. The number of nitrogens with zero attached hydrogens (tertiary/aromatic N) is 7. The predicted octanol–water partition coefficient (Wildman–Crippen LogP) is 0.723. The van der Waals surface area contributed by atoms with E-state index in [-0.39, 0.29) is 11.3 Å². The normalized spacial score (nSPS) is 26.7. The molecule has 1 saturated carbocycles. The van der Waals surface area contributed by atoms with E-state index < -0.39 is 0 Å². The molecule has 138 valence electrons. The van der Waals surface area contributed by atoms with Gasteiger partial charge < -0.3 is 9.80 Å². The highest BCUT2D eigenvalue weighted by Crippen LogP contribution is 2.41. The number of carbonyl (C=O) groups is 1. The minimum atomic E-state index is 0.0143. The van der Waals surface area contributed by atoms with E-state index in [1.807, 2.05) is 4.90 Å². The smallest absolute Gasteiger partial charge is 0.259 e. The molecule has 9 heteroatoms. The Kier molecular flexibility index (Phi) is 3.77. The first kappa shape index (κ1) is 15.9. The van der Waals surface area contributed by atoms with Gasteiger partial charge in [-0.05, 0) is 55.0 Å². The van der Waals surface area contributed by atoms with Gasteiger partial charge in [-0.25, -0.2) is 0 Å². The Morgan fingerprint density at radius 1 is 1.27 bits per heavy atom. The lowest BCUT2D eigenvalue weighted by Crippen LogP contribution is -2.46. The van der Waals surface area contributed by atoms with Crippen molar-refractivity contribution in [1.29, 1.82) is 0 Å². The van der Waals surface area contributed by atoms with Crippen molar-refractivity contribution in [3.05, 3.63) is 18.1 Å². The number of rotatable bonds is 4. The van der Waals surface area contributed by atoms with Crippen LogP contribution in [0.3, 0.4) is 0 Å². The van der Waals surface area contributed by atoms with Crippen LogP contribution < -0.4 is 0 Å². The quantitative estimate of drug-likeness (QED) is 0.867. The molecule has 3 fully saturated rings. The largest absolute Gasteiger partial charge is 0.338 e. The fraction of sp³-hybridized carbons (Fsp3) is 0.706. The van der Waals surface area contributed by atoms with Crippen LogP contribution in [0.5, 0.6) is 0 Å². The number of nitrogens with one attached hydrogen (secondary N) is 1.